The lowest BCUT2D eigenvalue weighted by Crippen LogP contribution is -2.30. The molecular formula is C21H28N2O2. The van der Waals surface area contributed by atoms with Crippen LogP contribution in [-0.4, -0.2) is 46.2 Å². The van der Waals surface area contributed by atoms with Crippen molar-refractivity contribution in [3.63, 3.8) is 0 Å². The van der Waals surface area contributed by atoms with Crippen LogP contribution in [0.15, 0.2) is 48.5 Å². The standard InChI is InChI=1S/C21H28N2O2/c24-16-20-8-3-1-6-18(20)14-22-10-5-11-23(13-12-22)15-19-7-2-4-9-21(19)17-25/h1-4,6-9,24-25H,5,10-17H2. The summed E-state index contributed by atoms with van der Waals surface area (Å²) in [7, 11) is 0. The summed E-state index contributed by atoms with van der Waals surface area (Å²) in [5.41, 5.74) is 4.51. The zero-order valence-corrected chi connectivity index (χ0v) is 14.8. The highest BCUT2D eigenvalue weighted by molar-refractivity contribution is 5.27. The van der Waals surface area contributed by atoms with Gasteiger partial charge >= 0.3 is 0 Å². The third-order valence-corrected chi connectivity index (χ3v) is 5.05. The summed E-state index contributed by atoms with van der Waals surface area (Å²) in [5, 5.41) is 19.0. The highest BCUT2D eigenvalue weighted by Crippen LogP contribution is 2.16. The van der Waals surface area contributed by atoms with Crippen LogP contribution >= 0.6 is 0 Å². The van der Waals surface area contributed by atoms with Crippen LogP contribution in [0.25, 0.3) is 0 Å². The fourth-order valence-corrected chi connectivity index (χ4v) is 3.55. The molecule has 0 bridgehead atoms. The van der Waals surface area contributed by atoms with E-state index in [-0.39, 0.29) is 13.2 Å². The Bertz CT molecular complexity index is 617. The zero-order valence-electron chi connectivity index (χ0n) is 14.8. The number of benzene rings is 2. The van der Waals surface area contributed by atoms with Gasteiger partial charge in [-0.3, -0.25) is 9.80 Å². The summed E-state index contributed by atoms with van der Waals surface area (Å²) in [6.45, 7) is 6.23. The third-order valence-electron chi connectivity index (χ3n) is 5.05. The first-order valence-electron chi connectivity index (χ1n) is 9.10. The Morgan fingerprint density at radius 3 is 1.40 bits per heavy atom. The van der Waals surface area contributed by atoms with Crippen LogP contribution in [0.1, 0.15) is 28.7 Å². The van der Waals surface area contributed by atoms with Crippen LogP contribution < -0.4 is 0 Å². The van der Waals surface area contributed by atoms with Gasteiger partial charge in [0.25, 0.3) is 0 Å². The minimum Gasteiger partial charge on any atom is -0.392 e. The van der Waals surface area contributed by atoms with E-state index in [2.05, 4.69) is 21.9 Å². The van der Waals surface area contributed by atoms with Gasteiger partial charge in [-0.25, -0.2) is 0 Å². The van der Waals surface area contributed by atoms with E-state index in [4.69, 9.17) is 0 Å². The van der Waals surface area contributed by atoms with Gasteiger partial charge in [0.2, 0.25) is 0 Å². The molecule has 0 amide bonds. The first-order chi connectivity index (χ1) is 12.3. The smallest absolute Gasteiger partial charge is 0.0685 e. The Morgan fingerprint density at radius 2 is 1.00 bits per heavy atom. The molecular weight excluding hydrogens is 312 g/mol. The first kappa shape index (κ1) is 18.1. The molecule has 1 fully saturated rings. The highest BCUT2D eigenvalue weighted by Gasteiger charge is 2.17. The van der Waals surface area contributed by atoms with Crippen molar-refractivity contribution in [3.05, 3.63) is 70.8 Å². The lowest BCUT2D eigenvalue weighted by Gasteiger charge is -2.23. The molecule has 4 nitrogen and oxygen atoms in total. The van der Waals surface area contributed by atoms with Crippen molar-refractivity contribution in [2.75, 3.05) is 26.2 Å². The summed E-state index contributed by atoms with van der Waals surface area (Å²) in [5.74, 6) is 0. The van der Waals surface area contributed by atoms with E-state index in [0.717, 1.165) is 56.8 Å². The second-order valence-electron chi connectivity index (χ2n) is 6.76. The van der Waals surface area contributed by atoms with Crippen molar-refractivity contribution in [1.29, 1.82) is 0 Å². The molecule has 2 aromatic carbocycles. The largest absolute Gasteiger partial charge is 0.392 e. The van der Waals surface area contributed by atoms with Gasteiger partial charge in [-0.2, -0.15) is 0 Å². The Balaban J connectivity index is 1.59. The van der Waals surface area contributed by atoms with Crippen molar-refractivity contribution in [3.8, 4) is 0 Å². The van der Waals surface area contributed by atoms with E-state index < -0.39 is 0 Å². The molecule has 2 N–H and O–H groups in total. The minimum atomic E-state index is 0.105. The van der Waals surface area contributed by atoms with Gasteiger partial charge in [0.15, 0.2) is 0 Å². The lowest BCUT2D eigenvalue weighted by molar-refractivity contribution is 0.240. The molecule has 0 unspecified atom stereocenters. The van der Waals surface area contributed by atoms with Crippen molar-refractivity contribution in [2.45, 2.75) is 32.7 Å². The normalized spacial score (nSPS) is 16.7. The molecule has 3 rings (SSSR count). The molecule has 0 radical (unpaired) electrons. The van der Waals surface area contributed by atoms with E-state index >= 15 is 0 Å². The second-order valence-corrected chi connectivity index (χ2v) is 6.76. The second kappa shape index (κ2) is 9.11. The third kappa shape index (κ3) is 4.89. The van der Waals surface area contributed by atoms with Crippen LogP contribution in [0.3, 0.4) is 0 Å². The molecule has 0 spiro atoms. The molecule has 1 aliphatic rings. The predicted molar refractivity (Wildman–Crippen MR) is 99.9 cm³/mol. The summed E-state index contributed by atoms with van der Waals surface area (Å²) in [4.78, 5) is 4.96. The Morgan fingerprint density at radius 1 is 0.600 bits per heavy atom. The van der Waals surface area contributed by atoms with Gasteiger partial charge in [0.05, 0.1) is 13.2 Å². The maximum absolute atomic E-state index is 9.51. The molecule has 0 aliphatic carbocycles. The van der Waals surface area contributed by atoms with E-state index in [1.165, 1.54) is 11.1 Å². The topological polar surface area (TPSA) is 46.9 Å². The quantitative estimate of drug-likeness (QED) is 0.848. The van der Waals surface area contributed by atoms with Crippen LogP contribution in [0.4, 0.5) is 0 Å². The summed E-state index contributed by atoms with van der Waals surface area (Å²) in [6.07, 6.45) is 1.14. The molecule has 0 saturated carbocycles. The number of hydrogen-bond acceptors (Lipinski definition) is 4. The highest BCUT2D eigenvalue weighted by atomic mass is 16.3. The molecule has 0 atom stereocenters. The van der Waals surface area contributed by atoms with Crippen LogP contribution in [0.5, 0.6) is 0 Å². The van der Waals surface area contributed by atoms with Crippen LogP contribution in [0.2, 0.25) is 0 Å². The Labute approximate surface area is 150 Å². The van der Waals surface area contributed by atoms with E-state index in [1.54, 1.807) is 0 Å². The average Bonchev–Trinajstić information content (AvgIpc) is 2.88. The number of aliphatic hydroxyl groups is 2. The molecule has 1 heterocycles. The maximum atomic E-state index is 9.51. The first-order valence-corrected chi connectivity index (χ1v) is 9.10. The fraction of sp³-hybridized carbons (Fsp3) is 0.429. The minimum absolute atomic E-state index is 0.105. The van der Waals surface area contributed by atoms with E-state index in [0.29, 0.717) is 0 Å². The Kier molecular flexibility index (Phi) is 6.59. The molecule has 4 heteroatoms. The number of aliphatic hydroxyl groups excluding tert-OH is 2. The summed E-state index contributed by atoms with van der Waals surface area (Å²) in [6, 6.07) is 16.3. The van der Waals surface area contributed by atoms with Crippen molar-refractivity contribution < 1.29 is 10.2 Å². The van der Waals surface area contributed by atoms with E-state index in [9.17, 15) is 10.2 Å². The maximum Gasteiger partial charge on any atom is 0.0685 e. The SMILES string of the molecule is OCc1ccccc1CN1CCCN(Cc2ccccc2CO)CC1. The molecule has 1 aliphatic heterocycles. The summed E-state index contributed by atoms with van der Waals surface area (Å²) >= 11 is 0. The van der Waals surface area contributed by atoms with Gasteiger partial charge in [0, 0.05) is 26.2 Å². The fourth-order valence-electron chi connectivity index (χ4n) is 3.55. The van der Waals surface area contributed by atoms with Gasteiger partial charge in [-0.05, 0) is 41.8 Å². The molecule has 134 valence electrons. The summed E-state index contributed by atoms with van der Waals surface area (Å²) < 4.78 is 0. The number of hydrogen-bond donors (Lipinski definition) is 2. The van der Waals surface area contributed by atoms with E-state index in [1.807, 2.05) is 36.4 Å². The zero-order chi connectivity index (χ0) is 17.5. The number of rotatable bonds is 6. The van der Waals surface area contributed by atoms with Gasteiger partial charge in [0.1, 0.15) is 0 Å². The molecule has 25 heavy (non-hydrogen) atoms. The van der Waals surface area contributed by atoms with Crippen LogP contribution in [0, 0.1) is 0 Å². The van der Waals surface area contributed by atoms with Crippen molar-refractivity contribution in [2.24, 2.45) is 0 Å². The molecule has 0 aromatic heterocycles. The predicted octanol–water partition coefficient (Wildman–Crippen LogP) is 2.38. The Hall–Kier alpha value is -1.72. The van der Waals surface area contributed by atoms with Gasteiger partial charge < -0.3 is 10.2 Å². The van der Waals surface area contributed by atoms with Gasteiger partial charge in [-0.1, -0.05) is 48.5 Å². The van der Waals surface area contributed by atoms with Gasteiger partial charge in [-0.15, -0.1) is 0 Å². The molecule has 2 aromatic rings. The van der Waals surface area contributed by atoms with Crippen molar-refractivity contribution >= 4 is 0 Å². The molecule has 1 saturated heterocycles. The average molecular weight is 340 g/mol. The van der Waals surface area contributed by atoms with Crippen molar-refractivity contribution in [1.82, 2.24) is 9.80 Å². The monoisotopic (exact) mass is 340 g/mol. The lowest BCUT2D eigenvalue weighted by atomic mass is 10.1. The number of nitrogens with zero attached hydrogens (tertiary/aromatic N) is 2. The van der Waals surface area contributed by atoms with Crippen LogP contribution in [-0.2, 0) is 26.3 Å².